The van der Waals surface area contributed by atoms with Crippen molar-refractivity contribution in [2.75, 3.05) is 17.2 Å². The number of anilines is 1. The lowest BCUT2D eigenvalue weighted by molar-refractivity contribution is 0.425. The highest BCUT2D eigenvalue weighted by Gasteiger charge is 2.27. The molecule has 0 aliphatic carbocycles. The number of thiazole rings is 1. The van der Waals surface area contributed by atoms with Crippen molar-refractivity contribution in [1.82, 2.24) is 10.3 Å². The fourth-order valence-corrected chi connectivity index (χ4v) is 4.46. The van der Waals surface area contributed by atoms with Crippen LogP contribution >= 0.6 is 23.1 Å². The maximum atomic E-state index is 4.82. The van der Waals surface area contributed by atoms with E-state index in [1.807, 2.05) is 11.3 Å². The van der Waals surface area contributed by atoms with Gasteiger partial charge in [0.2, 0.25) is 0 Å². The van der Waals surface area contributed by atoms with Crippen molar-refractivity contribution >= 4 is 28.2 Å². The van der Waals surface area contributed by atoms with Gasteiger partial charge in [-0.05, 0) is 34.6 Å². The van der Waals surface area contributed by atoms with Gasteiger partial charge in [0.15, 0.2) is 5.13 Å². The Morgan fingerprint density at radius 1 is 1.35 bits per heavy atom. The summed E-state index contributed by atoms with van der Waals surface area (Å²) in [6.07, 6.45) is 0. The molecule has 2 atom stereocenters. The second-order valence-corrected chi connectivity index (χ2v) is 9.17. The first-order valence-corrected chi connectivity index (χ1v) is 9.24. The average molecular weight is 314 g/mol. The first-order chi connectivity index (χ1) is 9.28. The Balaban J connectivity index is 2.10. The molecule has 1 aromatic heterocycles. The third-order valence-corrected chi connectivity index (χ3v) is 6.32. The quantitative estimate of drug-likeness (QED) is 0.921. The molecule has 1 aromatic rings. The lowest BCUT2D eigenvalue weighted by Crippen LogP contribution is -2.44. The van der Waals surface area contributed by atoms with Crippen LogP contribution in [-0.4, -0.2) is 34.1 Å². The lowest BCUT2D eigenvalue weighted by Gasteiger charge is -2.37. The molecule has 3 nitrogen and oxygen atoms in total. The van der Waals surface area contributed by atoms with Crippen molar-refractivity contribution in [3.8, 4) is 0 Å². The van der Waals surface area contributed by atoms with Gasteiger partial charge in [-0.3, -0.25) is 0 Å². The minimum atomic E-state index is 0.153. The van der Waals surface area contributed by atoms with Gasteiger partial charge < -0.3 is 10.2 Å². The summed E-state index contributed by atoms with van der Waals surface area (Å²) < 4.78 is 0. The molecule has 2 heterocycles. The SMILES string of the molecule is Cc1nc(N2CCSC(C)C2C)sc1CNC(C)(C)C. The summed E-state index contributed by atoms with van der Waals surface area (Å²) in [5, 5.41) is 5.45. The summed E-state index contributed by atoms with van der Waals surface area (Å²) in [5.74, 6) is 1.21. The Morgan fingerprint density at radius 2 is 2.05 bits per heavy atom. The van der Waals surface area contributed by atoms with Gasteiger partial charge in [0, 0.05) is 40.6 Å². The van der Waals surface area contributed by atoms with Crippen molar-refractivity contribution in [3.63, 3.8) is 0 Å². The van der Waals surface area contributed by atoms with Crippen LogP contribution in [0.3, 0.4) is 0 Å². The minimum absolute atomic E-state index is 0.153. The molecule has 1 fully saturated rings. The molecular weight excluding hydrogens is 286 g/mol. The highest BCUT2D eigenvalue weighted by atomic mass is 32.2. The Hall–Kier alpha value is -0.260. The summed E-state index contributed by atoms with van der Waals surface area (Å²) in [6, 6.07) is 0.572. The second-order valence-electron chi connectivity index (χ2n) is 6.62. The van der Waals surface area contributed by atoms with E-state index < -0.39 is 0 Å². The maximum Gasteiger partial charge on any atom is 0.186 e. The molecule has 1 saturated heterocycles. The molecule has 0 saturated carbocycles. The Morgan fingerprint density at radius 3 is 2.70 bits per heavy atom. The fourth-order valence-electron chi connectivity index (χ4n) is 2.25. The largest absolute Gasteiger partial charge is 0.343 e. The molecule has 114 valence electrons. The number of hydrogen-bond donors (Lipinski definition) is 1. The van der Waals surface area contributed by atoms with Crippen molar-refractivity contribution < 1.29 is 0 Å². The molecule has 0 radical (unpaired) electrons. The van der Waals surface area contributed by atoms with Crippen LogP contribution in [0.1, 0.15) is 45.2 Å². The van der Waals surface area contributed by atoms with Crippen LogP contribution in [-0.2, 0) is 6.54 Å². The molecule has 20 heavy (non-hydrogen) atoms. The van der Waals surface area contributed by atoms with Crippen molar-refractivity contribution in [3.05, 3.63) is 10.6 Å². The number of rotatable bonds is 3. The lowest BCUT2D eigenvalue weighted by atomic mass is 10.1. The van der Waals surface area contributed by atoms with Gasteiger partial charge in [-0.2, -0.15) is 11.8 Å². The zero-order chi connectivity index (χ0) is 14.9. The van der Waals surface area contributed by atoms with Gasteiger partial charge in [0.05, 0.1) is 5.69 Å². The molecule has 0 aromatic carbocycles. The fraction of sp³-hybridized carbons (Fsp3) is 0.800. The maximum absolute atomic E-state index is 4.82. The van der Waals surface area contributed by atoms with Gasteiger partial charge in [-0.15, -0.1) is 11.3 Å². The molecule has 1 aliphatic heterocycles. The summed E-state index contributed by atoms with van der Waals surface area (Å²) in [5.41, 5.74) is 1.33. The van der Waals surface area contributed by atoms with Crippen LogP contribution in [0.25, 0.3) is 0 Å². The number of hydrogen-bond acceptors (Lipinski definition) is 5. The molecule has 0 spiro atoms. The van der Waals surface area contributed by atoms with E-state index in [9.17, 15) is 0 Å². The van der Waals surface area contributed by atoms with Crippen LogP contribution in [0.4, 0.5) is 5.13 Å². The van der Waals surface area contributed by atoms with Crippen molar-refractivity contribution in [2.24, 2.45) is 0 Å². The molecule has 1 aliphatic rings. The molecule has 2 unspecified atom stereocenters. The third-order valence-electron chi connectivity index (χ3n) is 3.79. The van der Waals surface area contributed by atoms with Crippen molar-refractivity contribution in [1.29, 1.82) is 0 Å². The monoisotopic (exact) mass is 313 g/mol. The summed E-state index contributed by atoms with van der Waals surface area (Å²) in [4.78, 5) is 8.67. The summed E-state index contributed by atoms with van der Waals surface area (Å²) in [7, 11) is 0. The van der Waals surface area contributed by atoms with Crippen LogP contribution in [0.2, 0.25) is 0 Å². The first kappa shape index (κ1) is 16.1. The predicted octanol–water partition coefficient (Wildman–Crippen LogP) is 3.67. The third kappa shape index (κ3) is 3.89. The summed E-state index contributed by atoms with van der Waals surface area (Å²) >= 11 is 3.93. The van der Waals surface area contributed by atoms with E-state index in [1.54, 1.807) is 0 Å². The molecule has 0 amide bonds. The Labute approximate surface area is 131 Å². The highest BCUT2D eigenvalue weighted by molar-refractivity contribution is 8.00. The van der Waals surface area contributed by atoms with E-state index >= 15 is 0 Å². The van der Waals surface area contributed by atoms with E-state index in [0.717, 1.165) is 13.1 Å². The van der Waals surface area contributed by atoms with Gasteiger partial charge in [-0.1, -0.05) is 6.92 Å². The van der Waals surface area contributed by atoms with Gasteiger partial charge in [0.25, 0.3) is 0 Å². The van der Waals surface area contributed by atoms with Gasteiger partial charge >= 0.3 is 0 Å². The van der Waals surface area contributed by atoms with Crippen LogP contribution in [0, 0.1) is 6.92 Å². The van der Waals surface area contributed by atoms with Crippen molar-refractivity contribution in [2.45, 2.75) is 64.9 Å². The van der Waals surface area contributed by atoms with Crippen LogP contribution in [0.5, 0.6) is 0 Å². The first-order valence-electron chi connectivity index (χ1n) is 7.37. The second kappa shape index (κ2) is 6.24. The molecule has 2 rings (SSSR count). The van der Waals surface area contributed by atoms with Gasteiger partial charge in [-0.25, -0.2) is 4.98 Å². The zero-order valence-electron chi connectivity index (χ0n) is 13.5. The molecular formula is C15H27N3S2. The Kier molecular flexibility index (Phi) is 5.03. The standard InChI is InChI=1S/C15H27N3S2/c1-10-13(9-16-15(4,5)6)20-14(17-10)18-7-8-19-12(3)11(18)2/h11-12,16H,7-9H2,1-6H3. The normalized spacial score (nSPS) is 24.2. The van der Waals surface area contributed by atoms with E-state index in [4.69, 9.17) is 4.98 Å². The molecule has 1 N–H and O–H groups in total. The number of thioether (sulfide) groups is 1. The van der Waals surface area contributed by atoms with Crippen LogP contribution in [0.15, 0.2) is 0 Å². The van der Waals surface area contributed by atoms with E-state index in [-0.39, 0.29) is 5.54 Å². The average Bonchev–Trinajstić information content (AvgIpc) is 2.71. The molecule has 5 heteroatoms. The molecule has 0 bridgehead atoms. The van der Waals surface area contributed by atoms with E-state index in [1.165, 1.54) is 21.5 Å². The zero-order valence-corrected chi connectivity index (χ0v) is 15.1. The smallest absolute Gasteiger partial charge is 0.186 e. The Bertz CT molecular complexity index is 450. The van der Waals surface area contributed by atoms with E-state index in [0.29, 0.717) is 11.3 Å². The van der Waals surface area contributed by atoms with E-state index in [2.05, 4.69) is 63.5 Å². The predicted molar refractivity (Wildman–Crippen MR) is 92.2 cm³/mol. The van der Waals surface area contributed by atoms with Gasteiger partial charge in [0.1, 0.15) is 0 Å². The topological polar surface area (TPSA) is 28.2 Å². The summed E-state index contributed by atoms with van der Waals surface area (Å²) in [6.45, 7) is 15.4. The number of aryl methyl sites for hydroxylation is 1. The van der Waals surface area contributed by atoms with Crippen LogP contribution < -0.4 is 10.2 Å². The minimum Gasteiger partial charge on any atom is -0.343 e. The highest BCUT2D eigenvalue weighted by Crippen LogP contribution is 2.33. The number of nitrogens with zero attached hydrogens (tertiary/aromatic N) is 2. The number of aromatic nitrogens is 1. The number of nitrogens with one attached hydrogen (secondary N) is 1.